The highest BCUT2D eigenvalue weighted by Gasteiger charge is 2.36. The number of rotatable bonds is 8. The van der Waals surface area contributed by atoms with Crippen molar-refractivity contribution in [1.29, 1.82) is 0 Å². The highest BCUT2D eigenvalue weighted by atomic mass is 19.4. The number of alkyl halides is 3. The van der Waals surface area contributed by atoms with Gasteiger partial charge >= 0.3 is 12.1 Å². The summed E-state index contributed by atoms with van der Waals surface area (Å²) in [4.78, 5) is 38.5. The molecule has 2 N–H and O–H groups in total. The summed E-state index contributed by atoms with van der Waals surface area (Å²) in [5.74, 6) is -3.03. The lowest BCUT2D eigenvalue weighted by atomic mass is 9.99. The van der Waals surface area contributed by atoms with Crippen LogP contribution in [0, 0.1) is 12.7 Å². The second-order valence-corrected chi connectivity index (χ2v) is 8.92. The van der Waals surface area contributed by atoms with Gasteiger partial charge in [0.25, 0.3) is 11.5 Å². The number of carbonyl (C=O) groups excluding carboxylic acids is 1. The minimum absolute atomic E-state index is 0.199. The molecule has 38 heavy (non-hydrogen) atoms. The van der Waals surface area contributed by atoms with Gasteiger partial charge in [0.15, 0.2) is 0 Å². The number of carbonyl (C=O) groups is 2. The van der Waals surface area contributed by atoms with E-state index < -0.39 is 46.7 Å². The normalized spacial score (nSPS) is 12.2. The maximum atomic E-state index is 14.6. The summed E-state index contributed by atoms with van der Waals surface area (Å²) in [6.07, 6.45) is -3.64. The molecule has 0 saturated heterocycles. The van der Waals surface area contributed by atoms with Gasteiger partial charge in [0, 0.05) is 32.4 Å². The number of nitrogens with one attached hydrogen (secondary N) is 1. The van der Waals surface area contributed by atoms with Gasteiger partial charge < -0.3 is 19.9 Å². The minimum Gasteiger partial charge on any atom is -0.480 e. The predicted octanol–water partition coefficient (Wildman–Crippen LogP) is 4.61. The van der Waals surface area contributed by atoms with E-state index in [4.69, 9.17) is 0 Å². The second-order valence-electron chi connectivity index (χ2n) is 8.92. The summed E-state index contributed by atoms with van der Waals surface area (Å²) >= 11 is 0. The first-order valence-corrected chi connectivity index (χ1v) is 11.7. The zero-order valence-electron chi connectivity index (χ0n) is 21.2. The number of aryl methyl sites for hydroxylation is 3. The number of benzene rings is 2. The summed E-state index contributed by atoms with van der Waals surface area (Å²) in [5.41, 5.74) is -1.20. The van der Waals surface area contributed by atoms with Crippen LogP contribution in [0.4, 0.5) is 28.9 Å². The van der Waals surface area contributed by atoms with E-state index >= 15 is 0 Å². The van der Waals surface area contributed by atoms with Crippen LogP contribution in [0.1, 0.15) is 39.5 Å². The van der Waals surface area contributed by atoms with Crippen molar-refractivity contribution < 1.29 is 32.3 Å². The van der Waals surface area contributed by atoms with E-state index in [-0.39, 0.29) is 17.7 Å². The number of carboxylic acids is 1. The number of halogens is 4. The van der Waals surface area contributed by atoms with Gasteiger partial charge in [-0.1, -0.05) is 25.1 Å². The van der Waals surface area contributed by atoms with Crippen molar-refractivity contribution in [3.63, 3.8) is 0 Å². The molecule has 3 rings (SSSR count). The number of hydrogen-bond donors (Lipinski definition) is 2. The van der Waals surface area contributed by atoms with Gasteiger partial charge in [0.1, 0.15) is 17.5 Å². The molecular weight excluding hydrogens is 506 g/mol. The molecular formula is C27H27F4N3O4. The van der Waals surface area contributed by atoms with Crippen LogP contribution in [-0.4, -0.2) is 34.6 Å². The third-order valence-electron chi connectivity index (χ3n) is 6.15. The number of anilines is 2. The van der Waals surface area contributed by atoms with Crippen molar-refractivity contribution in [3.05, 3.63) is 92.6 Å². The Morgan fingerprint density at radius 3 is 2.45 bits per heavy atom. The zero-order valence-corrected chi connectivity index (χ0v) is 21.2. The molecule has 0 fully saturated rings. The lowest BCUT2D eigenvalue weighted by Gasteiger charge is -2.24. The Kier molecular flexibility index (Phi) is 8.28. The van der Waals surface area contributed by atoms with E-state index in [1.165, 1.54) is 44.4 Å². The third kappa shape index (κ3) is 6.04. The Morgan fingerprint density at radius 1 is 1.16 bits per heavy atom. The van der Waals surface area contributed by atoms with Gasteiger partial charge in [-0.05, 0) is 54.3 Å². The average molecular weight is 534 g/mol. The summed E-state index contributed by atoms with van der Waals surface area (Å²) in [6, 6.07) is 8.13. The molecule has 11 heteroatoms. The summed E-state index contributed by atoms with van der Waals surface area (Å²) in [7, 11) is 2.63. The van der Waals surface area contributed by atoms with Crippen LogP contribution in [0.2, 0.25) is 0 Å². The largest absolute Gasteiger partial charge is 0.480 e. The maximum absolute atomic E-state index is 14.6. The SMILES string of the molecule is CCc1cc(C)cc(F)c1C(=O)N[C@@H](Cc1cccc(N(C)c2c(C(F)(F)F)ccn(C)c2=O)c1)C(=O)O. The van der Waals surface area contributed by atoms with Crippen molar-refractivity contribution in [1.82, 2.24) is 9.88 Å². The van der Waals surface area contributed by atoms with Crippen molar-refractivity contribution in [3.8, 4) is 0 Å². The van der Waals surface area contributed by atoms with Crippen LogP contribution >= 0.6 is 0 Å². The minimum atomic E-state index is -4.78. The fourth-order valence-corrected chi connectivity index (χ4v) is 4.20. The molecule has 1 aromatic heterocycles. The number of pyridine rings is 1. The van der Waals surface area contributed by atoms with Gasteiger partial charge in [-0.3, -0.25) is 9.59 Å². The molecule has 0 spiro atoms. The Labute approximate surface area is 216 Å². The van der Waals surface area contributed by atoms with Crippen LogP contribution in [-0.2, 0) is 30.9 Å². The number of carboxylic acid groups (broad SMARTS) is 1. The molecule has 0 radical (unpaired) electrons. The van der Waals surface area contributed by atoms with E-state index in [0.717, 1.165) is 21.7 Å². The lowest BCUT2D eigenvalue weighted by Crippen LogP contribution is -2.43. The fraction of sp³-hybridized carbons (Fsp3) is 0.296. The van der Waals surface area contributed by atoms with E-state index in [9.17, 15) is 37.1 Å². The van der Waals surface area contributed by atoms with Crippen LogP contribution in [0.5, 0.6) is 0 Å². The monoisotopic (exact) mass is 533 g/mol. The molecule has 7 nitrogen and oxygen atoms in total. The Bertz CT molecular complexity index is 1430. The Balaban J connectivity index is 1.93. The molecule has 2 aromatic carbocycles. The van der Waals surface area contributed by atoms with Crippen LogP contribution < -0.4 is 15.8 Å². The van der Waals surface area contributed by atoms with Crippen molar-refractivity contribution in [2.24, 2.45) is 7.05 Å². The van der Waals surface area contributed by atoms with E-state index in [1.807, 2.05) is 0 Å². The highest BCUT2D eigenvalue weighted by molar-refractivity contribution is 5.98. The summed E-state index contributed by atoms with van der Waals surface area (Å²) < 4.78 is 56.5. The second kappa shape index (κ2) is 11.1. The number of aliphatic carboxylic acids is 1. The van der Waals surface area contributed by atoms with Gasteiger partial charge in [-0.25, -0.2) is 9.18 Å². The van der Waals surface area contributed by atoms with Crippen LogP contribution in [0.25, 0.3) is 0 Å². The maximum Gasteiger partial charge on any atom is 0.418 e. The molecule has 1 heterocycles. The zero-order chi connectivity index (χ0) is 28.4. The van der Waals surface area contributed by atoms with Gasteiger partial charge in [-0.2, -0.15) is 13.2 Å². The lowest BCUT2D eigenvalue weighted by molar-refractivity contribution is -0.139. The van der Waals surface area contributed by atoms with Crippen LogP contribution in [0.3, 0.4) is 0 Å². The molecule has 0 unspecified atom stereocenters. The standard InChI is InChI=1S/C27H27F4N3O4/c1-5-17-11-15(2)12-20(28)22(17)24(35)32-21(26(37)38)14-16-7-6-8-18(13-16)34(4)23-19(27(29,30)31)9-10-33(3)25(23)36/h6-13,21H,5,14H2,1-4H3,(H,32,35)(H,37,38)/t21-/m0/s1. The topological polar surface area (TPSA) is 91.6 Å². The molecule has 0 aliphatic heterocycles. The number of nitrogens with zero attached hydrogens (tertiary/aromatic N) is 2. The van der Waals surface area contributed by atoms with Crippen LogP contribution in [0.15, 0.2) is 53.5 Å². The molecule has 0 aliphatic carbocycles. The fourth-order valence-electron chi connectivity index (χ4n) is 4.20. The molecule has 1 amide bonds. The van der Waals surface area contributed by atoms with Gasteiger partial charge in [0.05, 0.1) is 11.1 Å². The molecule has 202 valence electrons. The first-order chi connectivity index (χ1) is 17.7. The van der Waals surface area contributed by atoms with E-state index in [1.54, 1.807) is 19.9 Å². The predicted molar refractivity (Wildman–Crippen MR) is 134 cm³/mol. The Hall–Kier alpha value is -4.15. The van der Waals surface area contributed by atoms with E-state index in [2.05, 4.69) is 5.32 Å². The Morgan fingerprint density at radius 2 is 1.84 bits per heavy atom. The first-order valence-electron chi connectivity index (χ1n) is 11.7. The van der Waals surface area contributed by atoms with Crippen molar-refractivity contribution in [2.45, 2.75) is 38.9 Å². The first kappa shape index (κ1) is 28.4. The average Bonchev–Trinajstić information content (AvgIpc) is 2.83. The van der Waals surface area contributed by atoms with E-state index in [0.29, 0.717) is 23.1 Å². The molecule has 0 saturated carbocycles. The summed E-state index contributed by atoms with van der Waals surface area (Å²) in [6.45, 7) is 3.42. The molecule has 0 aliphatic rings. The smallest absolute Gasteiger partial charge is 0.418 e. The van der Waals surface area contributed by atoms with Gasteiger partial charge in [0.2, 0.25) is 0 Å². The third-order valence-corrected chi connectivity index (χ3v) is 6.15. The summed E-state index contributed by atoms with van der Waals surface area (Å²) in [5, 5.41) is 12.1. The number of hydrogen-bond acceptors (Lipinski definition) is 4. The van der Waals surface area contributed by atoms with Gasteiger partial charge in [-0.15, -0.1) is 0 Å². The molecule has 1 atom stereocenters. The molecule has 0 bridgehead atoms. The quantitative estimate of drug-likeness (QED) is 0.413. The van der Waals surface area contributed by atoms with Crippen molar-refractivity contribution >= 4 is 23.3 Å². The highest BCUT2D eigenvalue weighted by Crippen LogP contribution is 2.36. The van der Waals surface area contributed by atoms with Crippen molar-refractivity contribution in [2.75, 3.05) is 11.9 Å². The molecule has 3 aromatic rings. The number of aromatic nitrogens is 1. The number of amides is 1.